The Balaban J connectivity index is 1.56. The zero-order valence-electron chi connectivity index (χ0n) is 19.1. The molecular formula is C31H18N4S. The molecule has 0 unspecified atom stereocenters. The average Bonchev–Trinajstić information content (AvgIpc) is 3.49. The quantitative estimate of drug-likeness (QED) is 0.252. The fourth-order valence-electron chi connectivity index (χ4n) is 5.25. The van der Waals surface area contributed by atoms with Crippen LogP contribution in [0.2, 0.25) is 0 Å². The topological polar surface area (TPSA) is 43.1 Å². The molecule has 0 amide bonds. The molecule has 0 N–H and O–H groups in total. The molecule has 4 nitrogen and oxygen atoms in total. The minimum Gasteiger partial charge on any atom is -0.281 e. The van der Waals surface area contributed by atoms with Crippen molar-refractivity contribution in [3.8, 4) is 22.4 Å². The summed E-state index contributed by atoms with van der Waals surface area (Å²) in [7, 11) is 0. The third-order valence-corrected chi connectivity index (χ3v) is 7.92. The Labute approximate surface area is 210 Å². The molecule has 0 fully saturated rings. The Morgan fingerprint density at radius 1 is 0.694 bits per heavy atom. The van der Waals surface area contributed by atoms with E-state index in [0.29, 0.717) is 0 Å². The van der Waals surface area contributed by atoms with E-state index >= 15 is 0 Å². The predicted molar refractivity (Wildman–Crippen MR) is 150 cm³/mol. The van der Waals surface area contributed by atoms with E-state index in [2.05, 4.69) is 94.3 Å². The van der Waals surface area contributed by atoms with Crippen molar-refractivity contribution in [2.24, 2.45) is 0 Å². The second kappa shape index (κ2) is 7.44. The van der Waals surface area contributed by atoms with Gasteiger partial charge in [-0.05, 0) is 40.6 Å². The van der Waals surface area contributed by atoms with Gasteiger partial charge in [-0.2, -0.15) is 0 Å². The highest BCUT2D eigenvalue weighted by Gasteiger charge is 2.20. The van der Waals surface area contributed by atoms with E-state index in [9.17, 15) is 0 Å². The fraction of sp³-hybridized carbons (Fsp3) is 0. The number of hydrogen-bond acceptors (Lipinski definition) is 4. The van der Waals surface area contributed by atoms with Gasteiger partial charge in [0.25, 0.3) is 0 Å². The average molecular weight is 479 g/mol. The SMILES string of the molecule is c1cncc(-c2ccc3sc4nc5c6ccccc6nc(-c6cccc7ccccc67)c5n4c3c2)c1. The summed E-state index contributed by atoms with van der Waals surface area (Å²) in [6.07, 6.45) is 3.72. The van der Waals surface area contributed by atoms with Gasteiger partial charge < -0.3 is 0 Å². The number of nitrogens with zero attached hydrogens (tertiary/aromatic N) is 4. The van der Waals surface area contributed by atoms with Crippen LogP contribution in [0.5, 0.6) is 0 Å². The van der Waals surface area contributed by atoms with Crippen LogP contribution in [0.3, 0.4) is 0 Å². The van der Waals surface area contributed by atoms with Gasteiger partial charge in [0.1, 0.15) is 11.0 Å². The van der Waals surface area contributed by atoms with Crippen LogP contribution in [0.15, 0.2) is 109 Å². The number of aromatic nitrogens is 4. The molecule has 0 aliphatic heterocycles. The van der Waals surface area contributed by atoms with Crippen LogP contribution in [0.4, 0.5) is 0 Å². The predicted octanol–water partition coefficient (Wildman–Crippen LogP) is 8.13. The van der Waals surface area contributed by atoms with Crippen molar-refractivity contribution < 1.29 is 0 Å². The van der Waals surface area contributed by atoms with Crippen molar-refractivity contribution >= 4 is 59.2 Å². The first kappa shape index (κ1) is 19.7. The van der Waals surface area contributed by atoms with E-state index in [4.69, 9.17) is 9.97 Å². The summed E-state index contributed by atoms with van der Waals surface area (Å²) in [6, 6.07) is 33.9. The van der Waals surface area contributed by atoms with Crippen molar-refractivity contribution in [2.75, 3.05) is 0 Å². The van der Waals surface area contributed by atoms with Gasteiger partial charge in [-0.1, -0.05) is 84.1 Å². The summed E-state index contributed by atoms with van der Waals surface area (Å²) in [4.78, 5) is 15.7. The normalized spacial score (nSPS) is 11.9. The van der Waals surface area contributed by atoms with Crippen LogP contribution in [0, 0.1) is 0 Å². The van der Waals surface area contributed by atoms with Gasteiger partial charge in [-0.3, -0.25) is 9.38 Å². The van der Waals surface area contributed by atoms with Crippen LogP contribution < -0.4 is 0 Å². The highest BCUT2D eigenvalue weighted by molar-refractivity contribution is 7.23. The van der Waals surface area contributed by atoms with E-state index in [1.165, 1.54) is 15.5 Å². The minimum absolute atomic E-state index is 0.957. The number of rotatable bonds is 2. The van der Waals surface area contributed by atoms with E-state index in [1.54, 1.807) is 17.5 Å². The van der Waals surface area contributed by atoms with Gasteiger partial charge in [0.15, 0.2) is 4.96 Å². The Bertz CT molecular complexity index is 2100. The molecule has 0 bridgehead atoms. The molecular weight excluding hydrogens is 460 g/mol. The van der Waals surface area contributed by atoms with E-state index < -0.39 is 0 Å². The van der Waals surface area contributed by atoms with Gasteiger partial charge >= 0.3 is 0 Å². The molecule has 0 aliphatic rings. The third-order valence-electron chi connectivity index (χ3n) is 6.90. The summed E-state index contributed by atoms with van der Waals surface area (Å²) >= 11 is 1.72. The van der Waals surface area contributed by atoms with Crippen LogP contribution in [-0.4, -0.2) is 19.4 Å². The van der Waals surface area contributed by atoms with Gasteiger partial charge in [-0.15, -0.1) is 0 Å². The molecule has 4 aromatic heterocycles. The molecule has 168 valence electrons. The molecule has 0 atom stereocenters. The lowest BCUT2D eigenvalue weighted by Crippen LogP contribution is -1.93. The Kier molecular flexibility index (Phi) is 4.07. The summed E-state index contributed by atoms with van der Waals surface area (Å²) in [5, 5.41) is 3.46. The van der Waals surface area contributed by atoms with E-state index in [0.717, 1.165) is 54.8 Å². The lowest BCUT2D eigenvalue weighted by molar-refractivity contribution is 1.32. The molecule has 4 heterocycles. The maximum absolute atomic E-state index is 5.25. The number of benzene rings is 4. The molecule has 36 heavy (non-hydrogen) atoms. The van der Waals surface area contributed by atoms with Crippen LogP contribution in [0.25, 0.3) is 70.3 Å². The molecule has 5 heteroatoms. The molecule has 0 spiro atoms. The molecule has 0 aliphatic carbocycles. The number of hydrogen-bond donors (Lipinski definition) is 0. The van der Waals surface area contributed by atoms with Gasteiger partial charge in [0.2, 0.25) is 0 Å². The smallest absolute Gasteiger partial charge is 0.195 e. The lowest BCUT2D eigenvalue weighted by Gasteiger charge is -2.10. The summed E-state index contributed by atoms with van der Waals surface area (Å²) in [5.74, 6) is 0. The van der Waals surface area contributed by atoms with Crippen molar-refractivity contribution in [2.45, 2.75) is 0 Å². The van der Waals surface area contributed by atoms with Gasteiger partial charge in [-0.25, -0.2) is 9.97 Å². The van der Waals surface area contributed by atoms with Crippen LogP contribution >= 0.6 is 11.3 Å². The number of para-hydroxylation sites is 1. The van der Waals surface area contributed by atoms with Crippen molar-refractivity contribution in [3.63, 3.8) is 0 Å². The summed E-state index contributed by atoms with van der Waals surface area (Å²) in [5.41, 5.74) is 8.45. The highest BCUT2D eigenvalue weighted by atomic mass is 32.1. The molecule has 0 radical (unpaired) electrons. The van der Waals surface area contributed by atoms with Crippen molar-refractivity contribution in [3.05, 3.63) is 109 Å². The summed E-state index contributed by atoms with van der Waals surface area (Å²) < 4.78 is 3.50. The first-order valence-electron chi connectivity index (χ1n) is 11.9. The van der Waals surface area contributed by atoms with Crippen molar-refractivity contribution in [1.82, 2.24) is 19.4 Å². The number of thiazole rings is 1. The molecule has 0 saturated carbocycles. The zero-order valence-corrected chi connectivity index (χ0v) is 19.9. The standard InChI is InChI=1S/C31H18N4S/c1-2-10-22-19(7-1)8-5-12-23(22)28-30-29(24-11-3-4-13-25(24)33-28)34-31-35(30)26-17-20(14-15-27(26)36-31)21-9-6-16-32-18-21/h1-18H. The number of imidazole rings is 1. The minimum atomic E-state index is 0.957. The van der Waals surface area contributed by atoms with Gasteiger partial charge in [0, 0.05) is 28.9 Å². The monoisotopic (exact) mass is 478 g/mol. The lowest BCUT2D eigenvalue weighted by atomic mass is 10.00. The zero-order chi connectivity index (χ0) is 23.6. The van der Waals surface area contributed by atoms with Crippen LogP contribution in [0.1, 0.15) is 0 Å². The second-order valence-electron chi connectivity index (χ2n) is 8.96. The van der Waals surface area contributed by atoms with E-state index in [-0.39, 0.29) is 0 Å². The third kappa shape index (κ3) is 2.78. The maximum Gasteiger partial charge on any atom is 0.195 e. The van der Waals surface area contributed by atoms with Crippen molar-refractivity contribution in [1.29, 1.82) is 0 Å². The Morgan fingerprint density at radius 3 is 2.47 bits per heavy atom. The second-order valence-corrected chi connectivity index (χ2v) is 9.97. The highest BCUT2D eigenvalue weighted by Crippen LogP contribution is 2.40. The first-order valence-corrected chi connectivity index (χ1v) is 12.7. The molecule has 8 rings (SSSR count). The number of fused-ring (bicyclic) bond motifs is 8. The van der Waals surface area contributed by atoms with Gasteiger partial charge in [0.05, 0.1) is 21.4 Å². The Morgan fingerprint density at radius 2 is 1.56 bits per heavy atom. The molecule has 0 saturated heterocycles. The van der Waals surface area contributed by atoms with E-state index in [1.807, 2.05) is 18.3 Å². The molecule has 8 aromatic rings. The largest absolute Gasteiger partial charge is 0.281 e. The number of pyridine rings is 2. The first-order chi connectivity index (χ1) is 17.8. The summed E-state index contributed by atoms with van der Waals surface area (Å²) in [6.45, 7) is 0. The van der Waals surface area contributed by atoms with Crippen LogP contribution in [-0.2, 0) is 0 Å². The fourth-order valence-corrected chi connectivity index (χ4v) is 6.26. The Hall–Kier alpha value is -4.61. The maximum atomic E-state index is 5.25. The molecule has 4 aromatic carbocycles.